The lowest BCUT2D eigenvalue weighted by atomic mass is 10.2. The Bertz CT molecular complexity index is 174. The summed E-state index contributed by atoms with van der Waals surface area (Å²) in [5, 5.41) is 0. The van der Waals surface area contributed by atoms with E-state index in [0.29, 0.717) is 0 Å². The van der Waals surface area contributed by atoms with Crippen LogP contribution in [0.3, 0.4) is 0 Å². The van der Waals surface area contributed by atoms with Crippen LogP contribution in [0.2, 0.25) is 0 Å². The first-order valence-corrected chi connectivity index (χ1v) is 3.72. The molecule has 0 unspecified atom stereocenters. The van der Waals surface area contributed by atoms with Crippen molar-refractivity contribution in [2.75, 3.05) is 26.8 Å². The van der Waals surface area contributed by atoms with E-state index in [1.54, 1.807) is 0 Å². The quantitative estimate of drug-likeness (QED) is 0.252. The SMILES string of the molecule is O=COCOC(=O)C1COCOC1. The second-order valence-corrected chi connectivity index (χ2v) is 2.40. The predicted octanol–water partition coefficient (Wildman–Crippen LogP) is -0.719. The molecule has 0 aromatic carbocycles. The average molecular weight is 190 g/mol. The second kappa shape index (κ2) is 5.50. The molecule has 0 spiro atoms. The van der Waals surface area contributed by atoms with Crippen LogP contribution in [0.4, 0.5) is 0 Å². The molecule has 0 aromatic rings. The van der Waals surface area contributed by atoms with Crippen LogP contribution < -0.4 is 0 Å². The molecule has 0 N–H and O–H groups in total. The Morgan fingerprint density at radius 2 is 2.15 bits per heavy atom. The van der Waals surface area contributed by atoms with Crippen molar-refractivity contribution in [3.63, 3.8) is 0 Å². The van der Waals surface area contributed by atoms with E-state index < -0.39 is 11.9 Å². The van der Waals surface area contributed by atoms with Gasteiger partial charge in [-0.05, 0) is 0 Å². The molecule has 0 bridgehead atoms. The third-order valence-corrected chi connectivity index (χ3v) is 1.48. The van der Waals surface area contributed by atoms with Crippen LogP contribution in [-0.4, -0.2) is 39.2 Å². The molecule has 0 saturated carbocycles. The molecule has 6 nitrogen and oxygen atoms in total. The first-order chi connectivity index (χ1) is 6.34. The minimum absolute atomic E-state index is 0.203. The molecular weight excluding hydrogens is 180 g/mol. The third-order valence-electron chi connectivity index (χ3n) is 1.48. The Labute approximate surface area is 74.7 Å². The van der Waals surface area contributed by atoms with Gasteiger partial charge in [-0.2, -0.15) is 0 Å². The molecule has 1 saturated heterocycles. The lowest BCUT2D eigenvalue weighted by Crippen LogP contribution is -2.32. The second-order valence-electron chi connectivity index (χ2n) is 2.40. The summed E-state index contributed by atoms with van der Waals surface area (Å²) in [6.45, 7) is 0.606. The fourth-order valence-corrected chi connectivity index (χ4v) is 0.862. The van der Waals surface area contributed by atoms with E-state index in [1.807, 2.05) is 0 Å². The standard InChI is InChI=1S/C7H10O6/c8-3-12-5-13-7(9)6-1-10-4-11-2-6/h3,6H,1-2,4-5H2. The fraction of sp³-hybridized carbons (Fsp3) is 0.714. The number of rotatable bonds is 4. The predicted molar refractivity (Wildman–Crippen MR) is 38.4 cm³/mol. The van der Waals surface area contributed by atoms with E-state index in [1.165, 1.54) is 0 Å². The average Bonchev–Trinajstić information content (AvgIpc) is 2.19. The maximum Gasteiger partial charge on any atom is 0.316 e. The van der Waals surface area contributed by atoms with E-state index in [9.17, 15) is 9.59 Å². The normalized spacial score (nSPS) is 17.8. The zero-order chi connectivity index (χ0) is 9.52. The van der Waals surface area contributed by atoms with Gasteiger partial charge in [0.2, 0.25) is 6.79 Å². The first kappa shape index (κ1) is 9.94. The molecule has 1 aliphatic heterocycles. The summed E-state index contributed by atoms with van der Waals surface area (Å²) in [5.41, 5.74) is 0. The number of esters is 1. The summed E-state index contributed by atoms with van der Waals surface area (Å²) < 4.78 is 18.5. The summed E-state index contributed by atoms with van der Waals surface area (Å²) in [6.07, 6.45) is 0. The van der Waals surface area contributed by atoms with Crippen molar-refractivity contribution in [2.24, 2.45) is 5.92 Å². The highest BCUT2D eigenvalue weighted by molar-refractivity contribution is 5.72. The van der Waals surface area contributed by atoms with Gasteiger partial charge < -0.3 is 18.9 Å². The molecule has 0 atom stereocenters. The van der Waals surface area contributed by atoms with Crippen LogP contribution >= 0.6 is 0 Å². The molecule has 1 heterocycles. The number of carbonyl (C=O) groups is 2. The Morgan fingerprint density at radius 1 is 1.46 bits per heavy atom. The van der Waals surface area contributed by atoms with Gasteiger partial charge in [-0.25, -0.2) is 0 Å². The van der Waals surface area contributed by atoms with Gasteiger partial charge in [0, 0.05) is 0 Å². The van der Waals surface area contributed by atoms with Crippen molar-refractivity contribution in [1.29, 1.82) is 0 Å². The number of hydrogen-bond donors (Lipinski definition) is 0. The maximum absolute atomic E-state index is 11.1. The minimum atomic E-state index is -0.485. The van der Waals surface area contributed by atoms with Gasteiger partial charge in [0.1, 0.15) is 12.7 Å². The molecule has 0 amide bonds. The molecule has 1 aliphatic rings. The molecule has 1 fully saturated rings. The first-order valence-electron chi connectivity index (χ1n) is 3.72. The molecule has 0 aromatic heterocycles. The van der Waals surface area contributed by atoms with E-state index in [4.69, 9.17) is 9.47 Å². The third kappa shape index (κ3) is 3.39. The van der Waals surface area contributed by atoms with E-state index in [0.717, 1.165) is 0 Å². The van der Waals surface area contributed by atoms with Gasteiger partial charge >= 0.3 is 5.97 Å². The van der Waals surface area contributed by atoms with E-state index >= 15 is 0 Å². The molecule has 6 heteroatoms. The van der Waals surface area contributed by atoms with Crippen molar-refractivity contribution in [1.82, 2.24) is 0 Å². The van der Waals surface area contributed by atoms with Crippen molar-refractivity contribution >= 4 is 12.4 Å². The fourth-order valence-electron chi connectivity index (χ4n) is 0.862. The summed E-state index contributed by atoms with van der Waals surface area (Å²) >= 11 is 0. The highest BCUT2D eigenvalue weighted by atomic mass is 16.7. The number of carbonyl (C=O) groups excluding carboxylic acids is 2. The topological polar surface area (TPSA) is 71.1 Å². The maximum atomic E-state index is 11.1. The highest BCUT2D eigenvalue weighted by Crippen LogP contribution is 2.07. The van der Waals surface area contributed by atoms with Gasteiger partial charge in [-0.1, -0.05) is 0 Å². The van der Waals surface area contributed by atoms with Crippen molar-refractivity contribution in [3.05, 3.63) is 0 Å². The highest BCUT2D eigenvalue weighted by Gasteiger charge is 2.23. The van der Waals surface area contributed by atoms with Crippen LogP contribution in [-0.2, 0) is 28.5 Å². The molecular formula is C7H10O6. The van der Waals surface area contributed by atoms with Crippen molar-refractivity contribution in [3.8, 4) is 0 Å². The van der Waals surface area contributed by atoms with E-state index in [2.05, 4.69) is 9.47 Å². The van der Waals surface area contributed by atoms with Gasteiger partial charge in [0.05, 0.1) is 13.2 Å². The van der Waals surface area contributed by atoms with Gasteiger partial charge in [-0.15, -0.1) is 0 Å². The van der Waals surface area contributed by atoms with Crippen molar-refractivity contribution < 1.29 is 28.5 Å². The Balaban J connectivity index is 2.17. The van der Waals surface area contributed by atoms with Gasteiger partial charge in [0.25, 0.3) is 6.47 Å². The Morgan fingerprint density at radius 3 is 2.77 bits per heavy atom. The molecule has 1 rings (SSSR count). The van der Waals surface area contributed by atoms with Crippen LogP contribution in [0.25, 0.3) is 0 Å². The summed E-state index contributed by atoms with van der Waals surface area (Å²) in [4.78, 5) is 20.8. The smallest absolute Gasteiger partial charge is 0.316 e. The Hall–Kier alpha value is -1.14. The molecule has 0 aliphatic carbocycles. The van der Waals surface area contributed by atoms with Crippen LogP contribution in [0.5, 0.6) is 0 Å². The zero-order valence-corrected chi connectivity index (χ0v) is 6.93. The van der Waals surface area contributed by atoms with Crippen LogP contribution in [0, 0.1) is 5.92 Å². The lowest BCUT2D eigenvalue weighted by Gasteiger charge is -2.20. The summed E-state index contributed by atoms with van der Waals surface area (Å²) in [6, 6.07) is 0. The van der Waals surface area contributed by atoms with Crippen LogP contribution in [0.15, 0.2) is 0 Å². The van der Waals surface area contributed by atoms with E-state index in [-0.39, 0.29) is 33.3 Å². The zero-order valence-electron chi connectivity index (χ0n) is 6.93. The number of hydrogen-bond acceptors (Lipinski definition) is 6. The Kier molecular flexibility index (Phi) is 4.20. The lowest BCUT2D eigenvalue weighted by molar-refractivity contribution is -0.180. The monoisotopic (exact) mass is 190 g/mol. The largest absolute Gasteiger partial charge is 0.430 e. The molecule has 74 valence electrons. The van der Waals surface area contributed by atoms with Crippen molar-refractivity contribution in [2.45, 2.75) is 0 Å². The number of ether oxygens (including phenoxy) is 4. The summed E-state index contributed by atoms with van der Waals surface area (Å²) in [5.74, 6) is -0.912. The van der Waals surface area contributed by atoms with Gasteiger partial charge in [-0.3, -0.25) is 9.59 Å². The van der Waals surface area contributed by atoms with Gasteiger partial charge in [0.15, 0.2) is 0 Å². The summed E-state index contributed by atoms with van der Waals surface area (Å²) in [7, 11) is 0. The minimum Gasteiger partial charge on any atom is -0.430 e. The molecule has 13 heavy (non-hydrogen) atoms. The van der Waals surface area contributed by atoms with Crippen LogP contribution in [0.1, 0.15) is 0 Å². The molecule has 0 radical (unpaired) electrons.